The summed E-state index contributed by atoms with van der Waals surface area (Å²) in [6, 6.07) is 16.1. The lowest BCUT2D eigenvalue weighted by atomic mass is 9.65. The summed E-state index contributed by atoms with van der Waals surface area (Å²) in [4.78, 5) is 45.8. The number of likely N-dealkylation sites (tertiary alicyclic amines) is 2. The highest BCUT2D eigenvalue weighted by molar-refractivity contribution is 5.92. The Bertz CT molecular complexity index is 1470. The van der Waals surface area contributed by atoms with Crippen LogP contribution in [0.15, 0.2) is 60.3 Å². The van der Waals surface area contributed by atoms with Gasteiger partial charge in [-0.1, -0.05) is 57.2 Å². The highest BCUT2D eigenvalue weighted by Crippen LogP contribution is 2.52. The first kappa shape index (κ1) is 34.5. The van der Waals surface area contributed by atoms with Gasteiger partial charge in [-0.15, -0.1) is 0 Å². The van der Waals surface area contributed by atoms with E-state index < -0.39 is 23.4 Å². The molecule has 4 atom stereocenters. The number of piperidine rings is 2. The maximum absolute atomic E-state index is 14.5. The lowest BCUT2D eigenvalue weighted by molar-refractivity contribution is -0.180. The molecule has 5 rings (SSSR count). The molecule has 0 saturated carbocycles. The van der Waals surface area contributed by atoms with E-state index in [0.717, 1.165) is 18.4 Å². The van der Waals surface area contributed by atoms with E-state index in [0.29, 0.717) is 49.2 Å². The Balaban J connectivity index is 1.44. The van der Waals surface area contributed by atoms with Crippen LogP contribution in [0.25, 0.3) is 0 Å². The van der Waals surface area contributed by atoms with Crippen molar-refractivity contribution in [3.05, 3.63) is 71.4 Å². The zero-order valence-electron chi connectivity index (χ0n) is 28.9. The van der Waals surface area contributed by atoms with Crippen molar-refractivity contribution in [2.24, 2.45) is 16.7 Å². The molecule has 0 unspecified atom stereocenters. The molecule has 3 aliphatic heterocycles. The molecule has 3 aliphatic rings. The summed E-state index contributed by atoms with van der Waals surface area (Å²) in [5.41, 5.74) is 1.35. The van der Waals surface area contributed by atoms with Crippen LogP contribution in [-0.4, -0.2) is 80.8 Å². The van der Waals surface area contributed by atoms with Crippen LogP contribution < -0.4 is 9.47 Å². The number of nitrogens with zero attached hydrogens (tertiary/aromatic N) is 2. The Hall–Kier alpha value is -3.85. The topological polar surface area (TPSA) is 94.6 Å². The van der Waals surface area contributed by atoms with Crippen molar-refractivity contribution in [2.45, 2.75) is 77.9 Å². The molecule has 0 bridgehead atoms. The quantitative estimate of drug-likeness (QED) is 0.320. The smallest absolute Gasteiger partial charge is 0.320 e. The van der Waals surface area contributed by atoms with Crippen LogP contribution in [0.5, 0.6) is 11.5 Å². The van der Waals surface area contributed by atoms with Crippen molar-refractivity contribution in [1.82, 2.24) is 9.80 Å². The first-order valence-electron chi connectivity index (χ1n) is 16.7. The van der Waals surface area contributed by atoms with Gasteiger partial charge < -0.3 is 28.7 Å². The number of hydrogen-bond donors (Lipinski definition) is 0. The highest BCUT2D eigenvalue weighted by Gasteiger charge is 2.60. The largest absolute Gasteiger partial charge is 0.493 e. The molecular weight excluding hydrogens is 596 g/mol. The fraction of sp³-hybridized carbons (Fsp3) is 0.553. The molecule has 9 heteroatoms. The molecule has 2 aromatic carbocycles. The van der Waals surface area contributed by atoms with Gasteiger partial charge in [0, 0.05) is 37.7 Å². The molecule has 3 heterocycles. The molecule has 2 fully saturated rings. The predicted octanol–water partition coefficient (Wildman–Crippen LogP) is 5.77. The van der Waals surface area contributed by atoms with Gasteiger partial charge in [0.2, 0.25) is 11.8 Å². The Kier molecular flexibility index (Phi) is 10.3. The van der Waals surface area contributed by atoms with Gasteiger partial charge in [0.05, 0.1) is 33.5 Å². The van der Waals surface area contributed by atoms with Gasteiger partial charge in [0.1, 0.15) is 5.41 Å². The monoisotopic (exact) mass is 646 g/mol. The van der Waals surface area contributed by atoms with E-state index in [-0.39, 0.29) is 36.2 Å². The van der Waals surface area contributed by atoms with E-state index in [1.165, 1.54) is 12.7 Å². The van der Waals surface area contributed by atoms with Gasteiger partial charge in [-0.2, -0.15) is 0 Å². The molecule has 2 aromatic rings. The van der Waals surface area contributed by atoms with Crippen molar-refractivity contribution < 1.29 is 33.3 Å². The van der Waals surface area contributed by atoms with Gasteiger partial charge in [-0.25, -0.2) is 0 Å². The molecule has 0 spiro atoms. The van der Waals surface area contributed by atoms with Gasteiger partial charge in [0.25, 0.3) is 0 Å². The third-order valence-corrected chi connectivity index (χ3v) is 10.3. The number of esters is 1. The molecule has 254 valence electrons. The average Bonchev–Trinajstić information content (AvgIpc) is 3.08. The number of carbonyl (C=O) groups is 3. The number of ether oxygens (including phenoxy) is 4. The van der Waals surface area contributed by atoms with Crippen LogP contribution in [0.3, 0.4) is 0 Å². The Morgan fingerprint density at radius 2 is 1.66 bits per heavy atom. The van der Waals surface area contributed by atoms with Crippen molar-refractivity contribution in [1.29, 1.82) is 0 Å². The first-order chi connectivity index (χ1) is 22.4. The fourth-order valence-corrected chi connectivity index (χ4v) is 7.48. The Morgan fingerprint density at radius 3 is 2.28 bits per heavy atom. The summed E-state index contributed by atoms with van der Waals surface area (Å²) >= 11 is 0. The minimum absolute atomic E-state index is 0.0309. The number of carbonyl (C=O) groups excluding carboxylic acids is 3. The van der Waals surface area contributed by atoms with Crippen LogP contribution in [0.1, 0.15) is 70.4 Å². The normalized spacial score (nSPS) is 25.1. The van der Waals surface area contributed by atoms with Crippen LogP contribution in [0, 0.1) is 16.7 Å². The summed E-state index contributed by atoms with van der Waals surface area (Å²) in [6.07, 6.45) is 3.48. The summed E-state index contributed by atoms with van der Waals surface area (Å²) < 4.78 is 22.9. The van der Waals surface area contributed by atoms with Gasteiger partial charge in [0.15, 0.2) is 11.5 Å². The number of methoxy groups -OCH3 is 3. The third-order valence-electron chi connectivity index (χ3n) is 10.3. The number of hydrogen-bond acceptors (Lipinski definition) is 7. The molecule has 0 aromatic heterocycles. The zero-order chi connectivity index (χ0) is 33.9. The maximum atomic E-state index is 14.5. The van der Waals surface area contributed by atoms with Crippen molar-refractivity contribution in [2.75, 3.05) is 41.0 Å². The SMILES string of the molecule is COC(=O)[C@]12C[C@H](CC(=O)N3CCC(c4ccccc4)CC3)C(=O)N(CCc3ccc(OC)c(OC)c3)C1=C[C@H](C(C)(C)C)O[C@@H]2C. The minimum atomic E-state index is -1.23. The van der Waals surface area contributed by atoms with Crippen LogP contribution in [0.4, 0.5) is 0 Å². The predicted molar refractivity (Wildman–Crippen MR) is 179 cm³/mol. The number of benzene rings is 2. The van der Waals surface area contributed by atoms with Crippen LogP contribution in [0.2, 0.25) is 0 Å². The van der Waals surface area contributed by atoms with Crippen molar-refractivity contribution in [3.63, 3.8) is 0 Å². The Morgan fingerprint density at radius 1 is 0.979 bits per heavy atom. The third kappa shape index (κ3) is 6.91. The number of amides is 2. The molecule has 0 radical (unpaired) electrons. The number of fused-ring (bicyclic) bond motifs is 1. The molecule has 2 amide bonds. The lowest BCUT2D eigenvalue weighted by Crippen LogP contribution is -2.61. The molecule has 47 heavy (non-hydrogen) atoms. The van der Waals surface area contributed by atoms with E-state index >= 15 is 0 Å². The Labute approximate surface area is 279 Å². The second-order valence-electron chi connectivity index (χ2n) is 14.2. The highest BCUT2D eigenvalue weighted by atomic mass is 16.5. The second-order valence-corrected chi connectivity index (χ2v) is 14.2. The van der Waals surface area contributed by atoms with Gasteiger partial charge in [-0.05, 0) is 73.3 Å². The van der Waals surface area contributed by atoms with E-state index in [1.807, 2.05) is 42.2 Å². The number of rotatable bonds is 9. The lowest BCUT2D eigenvalue weighted by Gasteiger charge is -2.53. The fourth-order valence-electron chi connectivity index (χ4n) is 7.48. The summed E-state index contributed by atoms with van der Waals surface area (Å²) in [5, 5.41) is 0. The van der Waals surface area contributed by atoms with E-state index in [2.05, 4.69) is 45.0 Å². The van der Waals surface area contributed by atoms with Crippen molar-refractivity contribution >= 4 is 17.8 Å². The van der Waals surface area contributed by atoms with E-state index in [1.54, 1.807) is 19.1 Å². The first-order valence-corrected chi connectivity index (χ1v) is 16.7. The van der Waals surface area contributed by atoms with E-state index in [4.69, 9.17) is 18.9 Å². The molecular formula is C38H50N2O7. The second kappa shape index (κ2) is 14.1. The summed E-state index contributed by atoms with van der Waals surface area (Å²) in [7, 11) is 4.56. The van der Waals surface area contributed by atoms with Crippen molar-refractivity contribution in [3.8, 4) is 11.5 Å². The van der Waals surface area contributed by atoms with Crippen LogP contribution in [-0.2, 0) is 30.3 Å². The molecule has 0 N–H and O–H groups in total. The standard InChI is InChI=1S/C38H50N2O7/c1-25-38(36(43)46-7)24-29(22-34(41)39-18-16-28(17-19-39)27-11-9-8-10-12-27)35(42)40(32(38)23-33(47-25)37(2,3)4)20-15-26-13-14-30(44-5)31(21-26)45-6/h8-14,21,23,25,28-29,33H,15-20,22,24H2,1-7H3/t25-,29+,33-,38+/m1/s1. The summed E-state index contributed by atoms with van der Waals surface area (Å²) in [5.74, 6) is 0.279. The maximum Gasteiger partial charge on any atom is 0.320 e. The van der Waals surface area contributed by atoms with Gasteiger partial charge in [-0.3, -0.25) is 14.4 Å². The van der Waals surface area contributed by atoms with E-state index in [9.17, 15) is 14.4 Å². The average molecular weight is 647 g/mol. The molecule has 9 nitrogen and oxygen atoms in total. The zero-order valence-corrected chi connectivity index (χ0v) is 28.9. The van der Waals surface area contributed by atoms with Gasteiger partial charge >= 0.3 is 5.97 Å². The minimum Gasteiger partial charge on any atom is -0.493 e. The molecule has 0 aliphatic carbocycles. The van der Waals surface area contributed by atoms with Crippen LogP contribution >= 0.6 is 0 Å². The summed E-state index contributed by atoms with van der Waals surface area (Å²) in [6.45, 7) is 9.72. The molecule has 2 saturated heterocycles.